The number of rotatable bonds is 4. The van der Waals surface area contributed by atoms with Gasteiger partial charge in [0, 0.05) is 24.5 Å². The zero-order chi connectivity index (χ0) is 18.6. The maximum absolute atomic E-state index is 13.1. The quantitative estimate of drug-likeness (QED) is 0.763. The van der Waals surface area contributed by atoms with E-state index in [0.29, 0.717) is 6.42 Å². The van der Waals surface area contributed by atoms with E-state index in [2.05, 4.69) is 34.2 Å². The molecule has 2 aromatic heterocycles. The summed E-state index contributed by atoms with van der Waals surface area (Å²) in [6, 6.07) is 12.2. The third kappa shape index (κ3) is 3.77. The minimum atomic E-state index is 0.0439. The predicted octanol–water partition coefficient (Wildman–Crippen LogP) is 4.08. The van der Waals surface area contributed by atoms with Gasteiger partial charge < -0.3 is 4.90 Å². The normalized spacial score (nSPS) is 17.1. The Bertz CT molecular complexity index is 902. The molecule has 1 amide bonds. The number of aryl methyl sites for hydroxylation is 1. The van der Waals surface area contributed by atoms with Gasteiger partial charge in [-0.15, -0.1) is 0 Å². The van der Waals surface area contributed by atoms with Crippen LogP contribution in [0.5, 0.6) is 0 Å². The minimum Gasteiger partial charge on any atom is -0.334 e. The number of nitrogens with zero attached hydrogens (tertiary/aromatic N) is 3. The monoisotopic (exact) mass is 360 g/mol. The van der Waals surface area contributed by atoms with Crippen LogP contribution < -0.4 is 0 Å². The molecule has 138 valence electrons. The molecular formula is C22H24N4O. The Kier molecular flexibility index (Phi) is 5.01. The van der Waals surface area contributed by atoms with E-state index in [9.17, 15) is 4.79 Å². The van der Waals surface area contributed by atoms with E-state index < -0.39 is 0 Å². The summed E-state index contributed by atoms with van der Waals surface area (Å²) in [5.41, 5.74) is 5.43. The lowest BCUT2D eigenvalue weighted by Gasteiger charge is -2.36. The van der Waals surface area contributed by atoms with Crippen molar-refractivity contribution in [3.63, 3.8) is 0 Å². The van der Waals surface area contributed by atoms with Crippen molar-refractivity contribution in [2.45, 2.75) is 38.6 Å². The molecule has 5 nitrogen and oxygen atoms in total. The molecule has 0 saturated carbocycles. The molecule has 0 bridgehead atoms. The summed E-state index contributed by atoms with van der Waals surface area (Å²) in [7, 11) is 0. The number of benzene rings is 1. The van der Waals surface area contributed by atoms with Crippen LogP contribution in [0, 0.1) is 6.92 Å². The average molecular weight is 360 g/mol. The molecule has 1 fully saturated rings. The van der Waals surface area contributed by atoms with Gasteiger partial charge in [0.2, 0.25) is 5.91 Å². The van der Waals surface area contributed by atoms with Crippen molar-refractivity contribution in [2.24, 2.45) is 0 Å². The van der Waals surface area contributed by atoms with E-state index in [0.717, 1.165) is 48.2 Å². The van der Waals surface area contributed by atoms with Crippen molar-refractivity contribution in [1.82, 2.24) is 20.1 Å². The fourth-order valence-electron chi connectivity index (χ4n) is 3.82. The van der Waals surface area contributed by atoms with Gasteiger partial charge in [0.25, 0.3) is 0 Å². The van der Waals surface area contributed by atoms with Gasteiger partial charge >= 0.3 is 0 Å². The third-order valence-electron chi connectivity index (χ3n) is 5.29. The summed E-state index contributed by atoms with van der Waals surface area (Å²) < 4.78 is 0. The van der Waals surface area contributed by atoms with Crippen LogP contribution in [0.25, 0.3) is 11.1 Å². The largest absolute Gasteiger partial charge is 0.334 e. The molecule has 3 heterocycles. The molecule has 4 rings (SSSR count). The highest BCUT2D eigenvalue weighted by atomic mass is 16.2. The van der Waals surface area contributed by atoms with Crippen LogP contribution in [0.3, 0.4) is 0 Å². The highest BCUT2D eigenvalue weighted by Gasteiger charge is 2.30. The van der Waals surface area contributed by atoms with Gasteiger partial charge in [0.15, 0.2) is 0 Å². The van der Waals surface area contributed by atoms with Crippen LogP contribution in [0.2, 0.25) is 0 Å². The van der Waals surface area contributed by atoms with Crippen molar-refractivity contribution in [1.29, 1.82) is 0 Å². The van der Waals surface area contributed by atoms with Crippen molar-refractivity contribution in [3.05, 3.63) is 71.8 Å². The molecule has 1 aliphatic heterocycles. The Hall–Kier alpha value is -2.95. The van der Waals surface area contributed by atoms with Gasteiger partial charge in [-0.25, -0.2) is 0 Å². The number of aromatic nitrogens is 3. The summed E-state index contributed by atoms with van der Waals surface area (Å²) in [6.07, 6.45) is 8.99. The van der Waals surface area contributed by atoms with E-state index in [1.54, 1.807) is 12.4 Å². The molecular weight excluding hydrogens is 336 g/mol. The molecule has 0 aliphatic carbocycles. The van der Waals surface area contributed by atoms with Crippen LogP contribution in [0.15, 0.2) is 55.0 Å². The van der Waals surface area contributed by atoms with E-state index in [4.69, 9.17) is 0 Å². The Labute approximate surface area is 159 Å². The van der Waals surface area contributed by atoms with Gasteiger partial charge in [-0.05, 0) is 49.4 Å². The van der Waals surface area contributed by atoms with Crippen molar-refractivity contribution < 1.29 is 4.79 Å². The number of nitrogens with one attached hydrogen (secondary N) is 1. The fourth-order valence-corrected chi connectivity index (χ4v) is 3.82. The van der Waals surface area contributed by atoms with Gasteiger partial charge in [-0.1, -0.05) is 29.8 Å². The number of likely N-dealkylation sites (tertiary alicyclic amines) is 1. The number of hydrogen-bond acceptors (Lipinski definition) is 3. The summed E-state index contributed by atoms with van der Waals surface area (Å²) in [4.78, 5) is 19.2. The summed E-state index contributed by atoms with van der Waals surface area (Å²) in [5.74, 6) is 0.179. The Morgan fingerprint density at radius 1 is 1.15 bits per heavy atom. The van der Waals surface area contributed by atoms with Crippen LogP contribution in [0.1, 0.15) is 42.1 Å². The lowest BCUT2D eigenvalue weighted by Crippen LogP contribution is -2.39. The third-order valence-corrected chi connectivity index (χ3v) is 5.29. The summed E-state index contributed by atoms with van der Waals surface area (Å²) in [6.45, 7) is 2.86. The maximum Gasteiger partial charge on any atom is 0.227 e. The summed E-state index contributed by atoms with van der Waals surface area (Å²) >= 11 is 0. The number of piperidine rings is 1. The van der Waals surface area contributed by atoms with Crippen molar-refractivity contribution in [3.8, 4) is 11.1 Å². The van der Waals surface area contributed by atoms with E-state index in [1.807, 2.05) is 35.4 Å². The summed E-state index contributed by atoms with van der Waals surface area (Å²) in [5, 5.41) is 7.44. The van der Waals surface area contributed by atoms with Gasteiger partial charge in [0.05, 0.1) is 24.4 Å². The number of hydrogen-bond donors (Lipinski definition) is 1. The molecule has 3 aromatic rings. The SMILES string of the molecule is Cc1ccc(CC(=O)N2CCCC[C@H]2c2[nH]ncc2-c2ccncc2)cc1. The van der Waals surface area contributed by atoms with Gasteiger partial charge in [0.1, 0.15) is 0 Å². The van der Waals surface area contributed by atoms with Crippen LogP contribution in [-0.2, 0) is 11.2 Å². The van der Waals surface area contributed by atoms with Crippen LogP contribution in [0.4, 0.5) is 0 Å². The standard InChI is InChI=1S/C22H24N4O/c1-16-5-7-17(8-6-16)14-21(27)26-13-3-2-4-20(26)22-19(15-24-25-22)18-9-11-23-12-10-18/h5-12,15,20H,2-4,13-14H2,1H3,(H,24,25)/t20-/m0/s1. The van der Waals surface area contributed by atoms with Gasteiger partial charge in [-0.2, -0.15) is 5.10 Å². The molecule has 1 N–H and O–H groups in total. The number of amides is 1. The molecule has 1 aromatic carbocycles. The Morgan fingerprint density at radius 3 is 2.70 bits per heavy atom. The Balaban J connectivity index is 1.59. The smallest absolute Gasteiger partial charge is 0.227 e. The van der Waals surface area contributed by atoms with Gasteiger partial charge in [-0.3, -0.25) is 14.9 Å². The molecule has 0 radical (unpaired) electrons. The second-order valence-electron chi connectivity index (χ2n) is 7.19. The van der Waals surface area contributed by atoms with E-state index in [1.165, 1.54) is 5.56 Å². The Morgan fingerprint density at radius 2 is 1.93 bits per heavy atom. The first kappa shape index (κ1) is 17.5. The molecule has 1 atom stereocenters. The number of carbonyl (C=O) groups is 1. The van der Waals surface area contributed by atoms with Crippen molar-refractivity contribution in [2.75, 3.05) is 6.54 Å². The molecule has 1 saturated heterocycles. The maximum atomic E-state index is 13.1. The number of carbonyl (C=O) groups excluding carboxylic acids is 1. The van der Waals surface area contributed by atoms with Crippen molar-refractivity contribution >= 4 is 5.91 Å². The average Bonchev–Trinajstić information content (AvgIpc) is 3.20. The zero-order valence-corrected chi connectivity index (χ0v) is 15.6. The molecule has 27 heavy (non-hydrogen) atoms. The first-order chi connectivity index (χ1) is 13.2. The zero-order valence-electron chi connectivity index (χ0n) is 15.6. The second kappa shape index (κ2) is 7.74. The lowest BCUT2D eigenvalue weighted by atomic mass is 9.94. The minimum absolute atomic E-state index is 0.0439. The first-order valence-corrected chi connectivity index (χ1v) is 9.51. The molecule has 1 aliphatic rings. The first-order valence-electron chi connectivity index (χ1n) is 9.51. The molecule has 0 unspecified atom stereocenters. The van der Waals surface area contributed by atoms with Crippen LogP contribution in [-0.4, -0.2) is 32.5 Å². The topological polar surface area (TPSA) is 61.9 Å². The number of pyridine rings is 1. The molecule has 5 heteroatoms. The van der Waals surface area contributed by atoms with E-state index >= 15 is 0 Å². The van der Waals surface area contributed by atoms with Crippen LogP contribution >= 0.6 is 0 Å². The predicted molar refractivity (Wildman–Crippen MR) is 105 cm³/mol. The molecule has 0 spiro atoms. The number of aromatic amines is 1. The highest BCUT2D eigenvalue weighted by Crippen LogP contribution is 2.35. The fraction of sp³-hybridized carbons (Fsp3) is 0.318. The second-order valence-corrected chi connectivity index (χ2v) is 7.19. The number of H-pyrrole nitrogens is 1. The highest BCUT2D eigenvalue weighted by molar-refractivity contribution is 5.80. The lowest BCUT2D eigenvalue weighted by molar-refractivity contribution is -0.134. The van der Waals surface area contributed by atoms with E-state index in [-0.39, 0.29) is 11.9 Å².